The van der Waals surface area contributed by atoms with E-state index in [9.17, 15) is 20.3 Å². The number of aromatic hydroxyl groups is 2. The number of para-hydroxylation sites is 1. The van der Waals surface area contributed by atoms with Crippen LogP contribution in [-0.4, -0.2) is 91.1 Å². The van der Waals surface area contributed by atoms with Crippen molar-refractivity contribution >= 4 is 16.8 Å². The van der Waals surface area contributed by atoms with E-state index in [1.165, 1.54) is 14.2 Å². The number of amides is 1. The predicted octanol–water partition coefficient (Wildman–Crippen LogP) is 4.43. The van der Waals surface area contributed by atoms with E-state index >= 15 is 0 Å². The lowest BCUT2D eigenvalue weighted by molar-refractivity contribution is -0.0724. The molecule has 3 aromatic carbocycles. The quantitative estimate of drug-likeness (QED) is 0.223. The first-order chi connectivity index (χ1) is 23.6. The number of benzene rings is 3. The molecule has 49 heavy (non-hydrogen) atoms. The van der Waals surface area contributed by atoms with Gasteiger partial charge in [-0.15, -0.1) is 0 Å². The maximum absolute atomic E-state index is 13.8. The first kappa shape index (κ1) is 32.4. The molecule has 1 amide bonds. The minimum Gasteiger partial charge on any atom is -0.504 e. The van der Waals surface area contributed by atoms with Crippen LogP contribution >= 0.6 is 0 Å². The van der Waals surface area contributed by atoms with E-state index in [0.717, 1.165) is 22.0 Å². The number of fused-ring (bicyclic) bond motifs is 8. The van der Waals surface area contributed by atoms with Gasteiger partial charge in [-0.3, -0.25) is 14.6 Å². The molecule has 12 heteroatoms. The largest absolute Gasteiger partial charge is 0.504 e. The van der Waals surface area contributed by atoms with Crippen molar-refractivity contribution in [3.63, 3.8) is 0 Å². The van der Waals surface area contributed by atoms with E-state index in [2.05, 4.69) is 26.2 Å². The molecular weight excluding hydrogens is 626 g/mol. The van der Waals surface area contributed by atoms with Crippen LogP contribution in [0.15, 0.2) is 30.5 Å². The standard InChI is InChI=1S/C37H41N5O7/c1-17-33(46-4)20-13-25-30-29-21(34(47-5)18(2)36(49-7)32(29)44)12-24(41(30)3)26(14-38)42(25)27(28(20)31(43)35(17)48-6)16-40-37(45)22-15-39-23-11-9-8-10-19(22)23/h8-11,15,24-27,30,39,43-44H,12-13,16H2,1-7H3,(H,40,45)/t24-,25-,26?,27-,30-/m0/s1. The predicted molar refractivity (Wildman–Crippen MR) is 182 cm³/mol. The van der Waals surface area contributed by atoms with Crippen molar-refractivity contribution in [3.8, 4) is 40.6 Å². The number of hydrogen-bond donors (Lipinski definition) is 4. The summed E-state index contributed by atoms with van der Waals surface area (Å²) in [6.07, 6.45) is 2.49. The Kier molecular flexibility index (Phi) is 8.00. The summed E-state index contributed by atoms with van der Waals surface area (Å²) in [5, 5.41) is 38.6. The summed E-state index contributed by atoms with van der Waals surface area (Å²) in [5.74, 6) is 1.51. The van der Waals surface area contributed by atoms with Crippen LogP contribution in [0.25, 0.3) is 10.9 Å². The molecule has 1 fully saturated rings. The van der Waals surface area contributed by atoms with Gasteiger partial charge in [-0.25, -0.2) is 0 Å². The number of methoxy groups -OCH3 is 4. The van der Waals surface area contributed by atoms with Crippen LogP contribution in [0.4, 0.5) is 0 Å². The van der Waals surface area contributed by atoms with Gasteiger partial charge in [0.2, 0.25) is 0 Å². The molecule has 0 saturated carbocycles. The number of aromatic nitrogens is 1. The molecule has 4 aromatic rings. The number of nitrogens with zero attached hydrogens (tertiary/aromatic N) is 3. The Hall–Kier alpha value is -5.12. The monoisotopic (exact) mass is 667 g/mol. The molecular formula is C37H41N5O7. The number of carbonyl (C=O) groups is 1. The highest BCUT2D eigenvalue weighted by atomic mass is 16.5. The van der Waals surface area contributed by atoms with Crippen LogP contribution in [0.3, 0.4) is 0 Å². The first-order valence-electron chi connectivity index (χ1n) is 16.3. The Bertz CT molecular complexity index is 2030. The Balaban J connectivity index is 1.43. The van der Waals surface area contributed by atoms with E-state index in [1.807, 2.05) is 45.2 Å². The number of nitriles is 1. The fourth-order valence-electron chi connectivity index (χ4n) is 8.96. The van der Waals surface area contributed by atoms with Crippen molar-refractivity contribution in [1.82, 2.24) is 20.1 Å². The molecule has 1 unspecified atom stereocenters. The number of ether oxygens (including phenoxy) is 4. The Labute approximate surface area is 284 Å². The van der Waals surface area contributed by atoms with Crippen LogP contribution in [0, 0.1) is 25.2 Å². The Morgan fingerprint density at radius 2 is 1.49 bits per heavy atom. The van der Waals surface area contributed by atoms with Gasteiger partial charge in [0.15, 0.2) is 23.0 Å². The van der Waals surface area contributed by atoms with Crippen LogP contribution in [0.2, 0.25) is 0 Å². The lowest BCUT2D eigenvalue weighted by atomic mass is 9.71. The zero-order valence-electron chi connectivity index (χ0n) is 28.7. The van der Waals surface area contributed by atoms with Crippen molar-refractivity contribution in [2.24, 2.45) is 0 Å². The summed E-state index contributed by atoms with van der Waals surface area (Å²) < 4.78 is 23.3. The zero-order valence-corrected chi connectivity index (χ0v) is 28.7. The number of phenolic OH excluding ortho intramolecular Hbond substituents is 2. The maximum Gasteiger partial charge on any atom is 0.253 e. The van der Waals surface area contributed by atoms with Gasteiger partial charge < -0.3 is 39.5 Å². The summed E-state index contributed by atoms with van der Waals surface area (Å²) in [6.45, 7) is 3.76. The lowest BCUT2D eigenvalue weighted by Crippen LogP contribution is -2.68. The topological polar surface area (TPSA) is 153 Å². The number of phenols is 2. The second-order valence-corrected chi connectivity index (χ2v) is 13.0. The molecule has 1 saturated heterocycles. The van der Waals surface area contributed by atoms with Gasteiger partial charge in [-0.2, -0.15) is 5.26 Å². The highest BCUT2D eigenvalue weighted by Crippen LogP contribution is 2.58. The van der Waals surface area contributed by atoms with Crippen LogP contribution in [0.5, 0.6) is 34.5 Å². The second kappa shape index (κ2) is 12.1. The molecule has 0 aliphatic carbocycles. The fourth-order valence-corrected chi connectivity index (χ4v) is 8.96. The number of nitrogens with one attached hydrogen (secondary N) is 2. The molecule has 1 aromatic heterocycles. The van der Waals surface area contributed by atoms with Crippen molar-refractivity contribution < 1.29 is 34.0 Å². The molecule has 3 aliphatic heterocycles. The van der Waals surface area contributed by atoms with Gasteiger partial charge in [0.05, 0.1) is 52.2 Å². The van der Waals surface area contributed by atoms with Crippen molar-refractivity contribution in [1.29, 1.82) is 5.26 Å². The number of hydrogen-bond acceptors (Lipinski definition) is 10. The molecule has 256 valence electrons. The summed E-state index contributed by atoms with van der Waals surface area (Å²) >= 11 is 0. The van der Waals surface area contributed by atoms with E-state index in [1.54, 1.807) is 20.4 Å². The van der Waals surface area contributed by atoms with Crippen LogP contribution in [-0.2, 0) is 12.8 Å². The van der Waals surface area contributed by atoms with Gasteiger partial charge in [0.25, 0.3) is 5.91 Å². The zero-order chi connectivity index (χ0) is 34.9. The SMILES string of the molecule is COc1c(C)c(OC)c2c(c1O)[C@@H]1[C@@H]3Cc4c(OC)c(C)c(OC)c(O)c4[C@H](CNC(=O)c4c[nH]c5ccccc45)N3C(C#N)[C@H](C2)N1C. The third-order valence-corrected chi connectivity index (χ3v) is 11.0. The van der Waals surface area contributed by atoms with E-state index in [4.69, 9.17) is 18.9 Å². The third-order valence-electron chi connectivity index (χ3n) is 11.0. The third kappa shape index (κ3) is 4.52. The molecule has 7 rings (SSSR count). The lowest BCUT2D eigenvalue weighted by Gasteiger charge is -2.60. The number of aromatic amines is 1. The summed E-state index contributed by atoms with van der Waals surface area (Å²) in [6, 6.07) is 7.76. The van der Waals surface area contributed by atoms with Gasteiger partial charge in [0.1, 0.15) is 17.5 Å². The highest BCUT2D eigenvalue weighted by Gasteiger charge is 2.57. The van der Waals surface area contributed by atoms with Crippen molar-refractivity contribution in [2.75, 3.05) is 42.0 Å². The Morgan fingerprint density at radius 1 is 0.918 bits per heavy atom. The minimum absolute atomic E-state index is 0.0390. The number of likely N-dealkylation sites (N-methyl/N-ethyl adjacent to an activating group) is 1. The van der Waals surface area contributed by atoms with E-state index < -0.39 is 24.2 Å². The number of rotatable bonds is 7. The summed E-state index contributed by atoms with van der Waals surface area (Å²) in [5.41, 5.74) is 5.50. The van der Waals surface area contributed by atoms with Crippen molar-refractivity contribution in [3.05, 3.63) is 69.4 Å². The maximum atomic E-state index is 13.8. The average molecular weight is 668 g/mol. The molecule has 4 heterocycles. The fraction of sp³-hybridized carbons (Fsp3) is 0.405. The van der Waals surface area contributed by atoms with E-state index in [0.29, 0.717) is 57.9 Å². The van der Waals surface area contributed by atoms with Gasteiger partial charge in [-0.05, 0) is 39.8 Å². The highest BCUT2D eigenvalue weighted by molar-refractivity contribution is 6.06. The molecule has 3 aliphatic rings. The van der Waals surface area contributed by atoms with Crippen LogP contribution < -0.4 is 24.3 Å². The van der Waals surface area contributed by atoms with E-state index in [-0.39, 0.29) is 35.7 Å². The summed E-state index contributed by atoms with van der Waals surface area (Å²) in [4.78, 5) is 21.2. The molecule has 0 spiro atoms. The minimum atomic E-state index is -0.660. The number of H-pyrrole nitrogens is 1. The first-order valence-corrected chi connectivity index (χ1v) is 16.3. The molecule has 12 nitrogen and oxygen atoms in total. The summed E-state index contributed by atoms with van der Waals surface area (Å²) in [7, 11) is 8.19. The number of carbonyl (C=O) groups excluding carboxylic acids is 1. The normalized spacial score (nSPS) is 22.8. The van der Waals surface area contributed by atoms with Gasteiger partial charge >= 0.3 is 0 Å². The van der Waals surface area contributed by atoms with Crippen molar-refractivity contribution in [2.45, 2.75) is 56.9 Å². The molecule has 2 bridgehead atoms. The number of piperazine rings is 1. The van der Waals surface area contributed by atoms with Gasteiger partial charge in [0, 0.05) is 69.1 Å². The molecule has 5 atom stereocenters. The Morgan fingerprint density at radius 3 is 2.10 bits per heavy atom. The average Bonchev–Trinajstić information content (AvgIpc) is 3.53. The van der Waals surface area contributed by atoms with Crippen LogP contribution in [0.1, 0.15) is 55.8 Å². The molecule has 4 N–H and O–H groups in total. The molecule has 0 radical (unpaired) electrons. The smallest absolute Gasteiger partial charge is 0.253 e. The second-order valence-electron chi connectivity index (χ2n) is 13.0. The van der Waals surface area contributed by atoms with Gasteiger partial charge in [-0.1, -0.05) is 18.2 Å².